The second kappa shape index (κ2) is 6.21. The summed E-state index contributed by atoms with van der Waals surface area (Å²) in [6, 6.07) is 5.55. The molecule has 1 saturated heterocycles. The van der Waals surface area contributed by atoms with E-state index in [-0.39, 0.29) is 0 Å². The number of ether oxygens (including phenoxy) is 1. The number of piperidine rings is 1. The van der Waals surface area contributed by atoms with Gasteiger partial charge in [-0.15, -0.1) is 0 Å². The molecule has 17 heavy (non-hydrogen) atoms. The first-order valence-electron chi connectivity index (χ1n) is 6.10. The van der Waals surface area contributed by atoms with Crippen LogP contribution in [0.25, 0.3) is 0 Å². The molecule has 0 aromatic carbocycles. The summed E-state index contributed by atoms with van der Waals surface area (Å²) >= 11 is 0. The van der Waals surface area contributed by atoms with Crippen LogP contribution in [0.15, 0.2) is 18.3 Å². The highest BCUT2D eigenvalue weighted by molar-refractivity contribution is 5.36. The van der Waals surface area contributed by atoms with Crippen LogP contribution in [0.3, 0.4) is 0 Å². The van der Waals surface area contributed by atoms with Crippen molar-refractivity contribution in [2.75, 3.05) is 26.2 Å². The largest absolute Gasteiger partial charge is 0.475 e. The Kier molecular flexibility index (Phi) is 4.34. The fourth-order valence-corrected chi connectivity index (χ4v) is 2.05. The van der Waals surface area contributed by atoms with Crippen LogP contribution in [0, 0.1) is 11.3 Å². The first-order chi connectivity index (χ1) is 8.40. The molecule has 1 aromatic heterocycles. The molecule has 0 atom stereocenters. The number of pyridine rings is 1. The van der Waals surface area contributed by atoms with Gasteiger partial charge in [0, 0.05) is 12.7 Å². The molecule has 0 radical (unpaired) electrons. The van der Waals surface area contributed by atoms with E-state index in [4.69, 9.17) is 10.00 Å². The van der Waals surface area contributed by atoms with Crippen LogP contribution < -0.4 is 4.74 Å². The third-order valence-corrected chi connectivity index (χ3v) is 2.99. The summed E-state index contributed by atoms with van der Waals surface area (Å²) in [4.78, 5) is 6.47. The number of hydrogen-bond acceptors (Lipinski definition) is 4. The summed E-state index contributed by atoms with van der Waals surface area (Å²) < 4.78 is 5.56. The zero-order chi connectivity index (χ0) is 11.9. The summed E-state index contributed by atoms with van der Waals surface area (Å²) in [5.74, 6) is 0.451. The fourth-order valence-electron chi connectivity index (χ4n) is 2.05. The third kappa shape index (κ3) is 3.43. The molecule has 0 unspecified atom stereocenters. The first kappa shape index (κ1) is 11.9. The Hall–Kier alpha value is -1.60. The van der Waals surface area contributed by atoms with Gasteiger partial charge in [0.1, 0.15) is 18.2 Å². The zero-order valence-corrected chi connectivity index (χ0v) is 9.93. The van der Waals surface area contributed by atoms with Gasteiger partial charge in [-0.2, -0.15) is 5.26 Å². The van der Waals surface area contributed by atoms with Gasteiger partial charge in [0.15, 0.2) is 0 Å². The van der Waals surface area contributed by atoms with Crippen molar-refractivity contribution in [1.29, 1.82) is 5.26 Å². The minimum Gasteiger partial charge on any atom is -0.475 e. The van der Waals surface area contributed by atoms with E-state index in [1.807, 2.05) is 0 Å². The average Bonchev–Trinajstić information content (AvgIpc) is 2.40. The maximum atomic E-state index is 8.89. The van der Waals surface area contributed by atoms with Gasteiger partial charge in [0.2, 0.25) is 5.88 Å². The summed E-state index contributed by atoms with van der Waals surface area (Å²) in [6.07, 6.45) is 5.56. The maximum absolute atomic E-state index is 8.89. The van der Waals surface area contributed by atoms with Crippen molar-refractivity contribution >= 4 is 0 Å². The Labute approximate surface area is 102 Å². The van der Waals surface area contributed by atoms with Gasteiger partial charge in [0.05, 0.1) is 0 Å². The molecule has 0 amide bonds. The highest BCUT2D eigenvalue weighted by atomic mass is 16.5. The summed E-state index contributed by atoms with van der Waals surface area (Å²) in [6.45, 7) is 3.85. The molecule has 1 fully saturated rings. The van der Waals surface area contributed by atoms with Gasteiger partial charge in [0.25, 0.3) is 0 Å². The molecule has 0 spiro atoms. The predicted molar refractivity (Wildman–Crippen MR) is 64.7 cm³/mol. The van der Waals surface area contributed by atoms with E-state index in [9.17, 15) is 0 Å². The quantitative estimate of drug-likeness (QED) is 0.793. The second-order valence-corrected chi connectivity index (χ2v) is 4.22. The van der Waals surface area contributed by atoms with E-state index in [1.54, 1.807) is 18.3 Å². The molecule has 4 heteroatoms. The minimum atomic E-state index is 0.451. The van der Waals surface area contributed by atoms with E-state index in [2.05, 4.69) is 16.0 Å². The number of aromatic nitrogens is 1. The Balaban J connectivity index is 1.79. The summed E-state index contributed by atoms with van der Waals surface area (Å²) in [7, 11) is 0. The third-order valence-electron chi connectivity index (χ3n) is 2.99. The van der Waals surface area contributed by atoms with E-state index in [1.165, 1.54) is 19.3 Å². The molecule has 1 aromatic rings. The molecule has 0 aliphatic carbocycles. The minimum absolute atomic E-state index is 0.451. The van der Waals surface area contributed by atoms with Crippen LogP contribution in [0.1, 0.15) is 24.8 Å². The van der Waals surface area contributed by atoms with Gasteiger partial charge < -0.3 is 4.74 Å². The van der Waals surface area contributed by atoms with Crippen LogP contribution in [-0.4, -0.2) is 36.1 Å². The number of nitriles is 1. The van der Waals surface area contributed by atoms with Crippen molar-refractivity contribution in [3.05, 3.63) is 23.9 Å². The van der Waals surface area contributed by atoms with Crippen LogP contribution in [0.4, 0.5) is 0 Å². The lowest BCUT2D eigenvalue weighted by molar-refractivity contribution is 0.180. The van der Waals surface area contributed by atoms with Crippen molar-refractivity contribution in [1.82, 2.24) is 9.88 Å². The summed E-state index contributed by atoms with van der Waals surface area (Å²) in [5.41, 5.74) is 0.506. The smallest absolute Gasteiger partial charge is 0.231 e. The summed E-state index contributed by atoms with van der Waals surface area (Å²) in [5, 5.41) is 8.89. The van der Waals surface area contributed by atoms with Crippen LogP contribution in [0.2, 0.25) is 0 Å². The highest BCUT2D eigenvalue weighted by Gasteiger charge is 2.10. The topological polar surface area (TPSA) is 49.1 Å². The number of likely N-dealkylation sites (tertiary alicyclic amines) is 1. The van der Waals surface area contributed by atoms with E-state index in [0.29, 0.717) is 18.1 Å². The van der Waals surface area contributed by atoms with Gasteiger partial charge in [-0.05, 0) is 38.1 Å². The van der Waals surface area contributed by atoms with Gasteiger partial charge in [-0.1, -0.05) is 6.42 Å². The molecule has 0 saturated carbocycles. The van der Waals surface area contributed by atoms with Crippen LogP contribution >= 0.6 is 0 Å². The van der Waals surface area contributed by atoms with E-state index >= 15 is 0 Å². The Morgan fingerprint density at radius 1 is 1.35 bits per heavy atom. The number of hydrogen-bond donors (Lipinski definition) is 0. The van der Waals surface area contributed by atoms with Crippen molar-refractivity contribution in [2.45, 2.75) is 19.3 Å². The van der Waals surface area contributed by atoms with Crippen LogP contribution in [0.5, 0.6) is 5.88 Å². The predicted octanol–water partition coefficient (Wildman–Crippen LogP) is 1.82. The maximum Gasteiger partial charge on any atom is 0.231 e. The SMILES string of the molecule is N#Cc1cccnc1OCCN1CCCCC1. The van der Waals surface area contributed by atoms with Crippen LogP contribution in [-0.2, 0) is 0 Å². The molecule has 0 N–H and O–H groups in total. The Morgan fingerprint density at radius 2 is 2.18 bits per heavy atom. The molecular weight excluding hydrogens is 214 g/mol. The Bertz CT molecular complexity index is 394. The molecule has 1 aliphatic heterocycles. The van der Waals surface area contributed by atoms with Crippen molar-refractivity contribution < 1.29 is 4.74 Å². The standard InChI is InChI=1S/C13H17N3O/c14-11-12-5-4-6-15-13(12)17-10-9-16-7-2-1-3-8-16/h4-6H,1-3,7-10H2. The monoisotopic (exact) mass is 231 g/mol. The zero-order valence-electron chi connectivity index (χ0n) is 9.93. The lowest BCUT2D eigenvalue weighted by atomic mass is 10.1. The van der Waals surface area contributed by atoms with Gasteiger partial charge >= 0.3 is 0 Å². The highest BCUT2D eigenvalue weighted by Crippen LogP contribution is 2.13. The second-order valence-electron chi connectivity index (χ2n) is 4.22. The lowest BCUT2D eigenvalue weighted by Crippen LogP contribution is -2.33. The number of rotatable bonds is 4. The molecule has 2 heterocycles. The number of nitrogens with zero attached hydrogens (tertiary/aromatic N) is 3. The molecule has 1 aliphatic rings. The van der Waals surface area contributed by atoms with Gasteiger partial charge in [-0.3, -0.25) is 4.90 Å². The average molecular weight is 231 g/mol. The lowest BCUT2D eigenvalue weighted by Gasteiger charge is -2.26. The van der Waals surface area contributed by atoms with Crippen molar-refractivity contribution in [2.24, 2.45) is 0 Å². The van der Waals surface area contributed by atoms with Crippen molar-refractivity contribution in [3.8, 4) is 11.9 Å². The molecule has 2 rings (SSSR count). The molecular formula is C13H17N3O. The first-order valence-corrected chi connectivity index (χ1v) is 6.10. The van der Waals surface area contributed by atoms with Gasteiger partial charge in [-0.25, -0.2) is 4.98 Å². The normalized spacial score (nSPS) is 16.4. The Morgan fingerprint density at radius 3 is 2.94 bits per heavy atom. The molecule has 0 bridgehead atoms. The van der Waals surface area contributed by atoms with Crippen molar-refractivity contribution in [3.63, 3.8) is 0 Å². The van der Waals surface area contributed by atoms with E-state index < -0.39 is 0 Å². The fraction of sp³-hybridized carbons (Fsp3) is 0.538. The van der Waals surface area contributed by atoms with E-state index in [0.717, 1.165) is 19.6 Å². The molecule has 90 valence electrons. The molecule has 4 nitrogen and oxygen atoms in total.